The maximum Gasteiger partial charge on any atom is 0.224 e. The molecule has 1 unspecified atom stereocenters. The third-order valence-corrected chi connectivity index (χ3v) is 6.64. The van der Waals surface area contributed by atoms with Crippen LogP contribution in [0.4, 0.5) is 9.52 Å². The summed E-state index contributed by atoms with van der Waals surface area (Å²) in [5, 5.41) is 4.05. The SMILES string of the molecule is O=C(Cc1ccc(C2CC2)cc1)NC1CCN(c2nc3ccc(F)cc3s2)C1. The Morgan fingerprint density at radius 1 is 1.18 bits per heavy atom. The van der Waals surface area contributed by atoms with Gasteiger partial charge in [0.2, 0.25) is 5.91 Å². The second-order valence-corrected chi connectivity index (χ2v) is 8.81. The summed E-state index contributed by atoms with van der Waals surface area (Å²) in [7, 11) is 0. The molecule has 1 N–H and O–H groups in total. The van der Waals surface area contributed by atoms with E-state index >= 15 is 0 Å². The van der Waals surface area contributed by atoms with Crippen molar-refractivity contribution in [2.75, 3.05) is 18.0 Å². The molecular weight excluding hydrogens is 373 g/mol. The first-order valence-corrected chi connectivity index (χ1v) is 10.6. The number of thiazole rings is 1. The molecular formula is C22H22FN3OS. The highest BCUT2D eigenvalue weighted by Crippen LogP contribution is 2.39. The predicted molar refractivity (Wildman–Crippen MR) is 110 cm³/mol. The highest BCUT2D eigenvalue weighted by atomic mass is 32.1. The van der Waals surface area contributed by atoms with Crippen molar-refractivity contribution in [1.82, 2.24) is 10.3 Å². The van der Waals surface area contributed by atoms with Crippen LogP contribution in [-0.4, -0.2) is 30.0 Å². The lowest BCUT2D eigenvalue weighted by atomic mass is 10.1. The molecule has 1 aromatic heterocycles. The molecule has 2 aromatic carbocycles. The molecule has 28 heavy (non-hydrogen) atoms. The second-order valence-electron chi connectivity index (χ2n) is 7.80. The number of fused-ring (bicyclic) bond motifs is 1. The van der Waals surface area contributed by atoms with Gasteiger partial charge < -0.3 is 10.2 Å². The lowest BCUT2D eigenvalue weighted by Gasteiger charge is -2.16. The molecule has 1 amide bonds. The van der Waals surface area contributed by atoms with Crippen molar-refractivity contribution in [3.8, 4) is 0 Å². The van der Waals surface area contributed by atoms with E-state index in [0.29, 0.717) is 6.42 Å². The first-order chi connectivity index (χ1) is 13.6. The summed E-state index contributed by atoms with van der Waals surface area (Å²) in [6.07, 6.45) is 3.90. The molecule has 5 rings (SSSR count). The zero-order chi connectivity index (χ0) is 19.1. The van der Waals surface area contributed by atoms with Crippen LogP contribution in [0.2, 0.25) is 0 Å². The van der Waals surface area contributed by atoms with Gasteiger partial charge >= 0.3 is 0 Å². The molecule has 144 valence electrons. The zero-order valence-electron chi connectivity index (χ0n) is 15.5. The van der Waals surface area contributed by atoms with Crippen LogP contribution < -0.4 is 10.2 Å². The predicted octanol–water partition coefficient (Wildman–Crippen LogP) is 4.25. The quantitative estimate of drug-likeness (QED) is 0.702. The molecule has 3 aromatic rings. The molecule has 1 saturated carbocycles. The van der Waals surface area contributed by atoms with E-state index in [0.717, 1.165) is 46.3 Å². The number of benzene rings is 2. The van der Waals surface area contributed by atoms with Gasteiger partial charge in [0.05, 0.1) is 16.6 Å². The van der Waals surface area contributed by atoms with Gasteiger partial charge in [-0.25, -0.2) is 9.37 Å². The van der Waals surface area contributed by atoms with E-state index < -0.39 is 0 Å². The molecule has 1 saturated heterocycles. The Hall–Kier alpha value is -2.47. The van der Waals surface area contributed by atoms with Gasteiger partial charge in [0.25, 0.3) is 0 Å². The molecule has 1 aliphatic carbocycles. The van der Waals surface area contributed by atoms with Crippen molar-refractivity contribution in [3.63, 3.8) is 0 Å². The van der Waals surface area contributed by atoms with Crippen LogP contribution in [0.3, 0.4) is 0 Å². The highest BCUT2D eigenvalue weighted by molar-refractivity contribution is 7.22. The lowest BCUT2D eigenvalue weighted by molar-refractivity contribution is -0.121. The fourth-order valence-corrected chi connectivity index (χ4v) is 4.89. The van der Waals surface area contributed by atoms with Gasteiger partial charge in [-0.3, -0.25) is 4.79 Å². The topological polar surface area (TPSA) is 45.2 Å². The van der Waals surface area contributed by atoms with Crippen LogP contribution in [0.1, 0.15) is 36.3 Å². The van der Waals surface area contributed by atoms with Crippen LogP contribution in [0, 0.1) is 5.82 Å². The van der Waals surface area contributed by atoms with Gasteiger partial charge in [0.15, 0.2) is 5.13 Å². The molecule has 0 spiro atoms. The first kappa shape index (κ1) is 17.6. The summed E-state index contributed by atoms with van der Waals surface area (Å²) < 4.78 is 14.2. The molecule has 4 nitrogen and oxygen atoms in total. The number of hydrogen-bond acceptors (Lipinski definition) is 4. The summed E-state index contributed by atoms with van der Waals surface area (Å²) >= 11 is 1.50. The Balaban J connectivity index is 1.17. The average Bonchev–Trinajstić information content (AvgIpc) is 3.28. The average molecular weight is 396 g/mol. The summed E-state index contributed by atoms with van der Waals surface area (Å²) in [5.41, 5.74) is 3.28. The number of halogens is 1. The van der Waals surface area contributed by atoms with E-state index in [2.05, 4.69) is 39.5 Å². The largest absolute Gasteiger partial charge is 0.351 e. The standard InChI is InChI=1S/C22H22FN3OS/c23-17-7-8-19-20(12-17)28-22(25-19)26-10-9-18(13-26)24-21(27)11-14-1-3-15(4-2-14)16-5-6-16/h1-4,7-8,12,16,18H,5-6,9-11,13H2,(H,24,27). The minimum Gasteiger partial charge on any atom is -0.351 e. The maximum atomic E-state index is 13.4. The van der Waals surface area contributed by atoms with E-state index in [1.165, 1.54) is 41.9 Å². The van der Waals surface area contributed by atoms with Crippen molar-refractivity contribution in [1.29, 1.82) is 0 Å². The number of nitrogens with one attached hydrogen (secondary N) is 1. The molecule has 0 bridgehead atoms. The molecule has 2 heterocycles. The smallest absolute Gasteiger partial charge is 0.224 e. The second kappa shape index (κ2) is 7.17. The van der Waals surface area contributed by atoms with Crippen molar-refractivity contribution in [3.05, 3.63) is 59.4 Å². The van der Waals surface area contributed by atoms with E-state index in [-0.39, 0.29) is 17.8 Å². The summed E-state index contributed by atoms with van der Waals surface area (Å²) in [4.78, 5) is 19.2. The maximum absolute atomic E-state index is 13.4. The van der Waals surface area contributed by atoms with Gasteiger partial charge in [-0.1, -0.05) is 35.6 Å². The number of aromatic nitrogens is 1. The van der Waals surface area contributed by atoms with Gasteiger partial charge in [-0.2, -0.15) is 0 Å². The number of carbonyl (C=O) groups is 1. The Bertz CT molecular complexity index is 1010. The Kier molecular flexibility index (Phi) is 4.51. The van der Waals surface area contributed by atoms with Crippen LogP contribution in [-0.2, 0) is 11.2 Å². The van der Waals surface area contributed by atoms with Gasteiger partial charge in [0, 0.05) is 19.1 Å². The lowest BCUT2D eigenvalue weighted by Crippen LogP contribution is -2.37. The van der Waals surface area contributed by atoms with Crippen molar-refractivity contribution < 1.29 is 9.18 Å². The van der Waals surface area contributed by atoms with E-state index in [1.807, 2.05) is 0 Å². The molecule has 6 heteroatoms. The Labute approximate surface area is 167 Å². The van der Waals surface area contributed by atoms with Gasteiger partial charge in [0.1, 0.15) is 5.82 Å². The van der Waals surface area contributed by atoms with E-state index in [1.54, 1.807) is 6.07 Å². The normalized spacial score (nSPS) is 19.3. The number of carbonyl (C=O) groups excluding carboxylic acids is 1. The fraction of sp³-hybridized carbons (Fsp3) is 0.364. The summed E-state index contributed by atoms with van der Waals surface area (Å²) in [6.45, 7) is 1.60. The van der Waals surface area contributed by atoms with E-state index in [4.69, 9.17) is 0 Å². The molecule has 2 fully saturated rings. The highest BCUT2D eigenvalue weighted by Gasteiger charge is 2.26. The van der Waals surface area contributed by atoms with Gasteiger partial charge in [-0.15, -0.1) is 0 Å². The van der Waals surface area contributed by atoms with Crippen LogP contribution in [0.5, 0.6) is 0 Å². The van der Waals surface area contributed by atoms with Crippen LogP contribution in [0.15, 0.2) is 42.5 Å². The Morgan fingerprint density at radius 2 is 2.00 bits per heavy atom. The van der Waals surface area contributed by atoms with E-state index in [9.17, 15) is 9.18 Å². The monoisotopic (exact) mass is 395 g/mol. The number of anilines is 1. The molecule has 2 aliphatic rings. The van der Waals surface area contributed by atoms with Crippen LogP contribution in [0.25, 0.3) is 10.2 Å². The van der Waals surface area contributed by atoms with Gasteiger partial charge in [-0.05, 0) is 54.5 Å². The first-order valence-electron chi connectivity index (χ1n) is 9.83. The zero-order valence-corrected chi connectivity index (χ0v) is 16.3. The minimum absolute atomic E-state index is 0.0670. The number of hydrogen-bond donors (Lipinski definition) is 1. The Morgan fingerprint density at radius 3 is 2.79 bits per heavy atom. The number of nitrogens with zero attached hydrogens (tertiary/aromatic N) is 2. The fourth-order valence-electron chi connectivity index (χ4n) is 3.86. The van der Waals surface area contributed by atoms with Crippen LogP contribution >= 0.6 is 11.3 Å². The third-order valence-electron chi connectivity index (χ3n) is 5.56. The summed E-state index contributed by atoms with van der Waals surface area (Å²) in [5.74, 6) is 0.572. The number of amides is 1. The number of rotatable bonds is 5. The van der Waals surface area contributed by atoms with Crippen molar-refractivity contribution in [2.24, 2.45) is 0 Å². The van der Waals surface area contributed by atoms with Crippen molar-refractivity contribution >= 4 is 32.6 Å². The minimum atomic E-state index is -0.237. The third kappa shape index (κ3) is 3.74. The van der Waals surface area contributed by atoms with Crippen molar-refractivity contribution in [2.45, 2.75) is 37.6 Å². The molecule has 0 radical (unpaired) electrons. The molecule has 1 aliphatic heterocycles. The molecule has 1 atom stereocenters. The summed E-state index contributed by atoms with van der Waals surface area (Å²) in [6, 6.07) is 13.3.